The van der Waals surface area contributed by atoms with Crippen molar-refractivity contribution in [2.45, 2.75) is 20.4 Å². The number of nitrogens with one attached hydrogen (secondary N) is 1. The maximum absolute atomic E-state index is 13.9. The topological polar surface area (TPSA) is 72.8 Å². The van der Waals surface area contributed by atoms with E-state index in [4.69, 9.17) is 4.74 Å². The lowest BCUT2D eigenvalue weighted by atomic mass is 10.2. The molecule has 3 heterocycles. The van der Waals surface area contributed by atoms with Gasteiger partial charge in [0.25, 0.3) is 0 Å². The van der Waals surface area contributed by atoms with Crippen LogP contribution in [0.25, 0.3) is 20.4 Å². The van der Waals surface area contributed by atoms with Gasteiger partial charge in [-0.05, 0) is 31.5 Å². The van der Waals surface area contributed by atoms with Crippen molar-refractivity contribution in [2.24, 2.45) is 0 Å². The van der Waals surface area contributed by atoms with E-state index in [2.05, 4.69) is 25.3 Å². The van der Waals surface area contributed by atoms with E-state index >= 15 is 0 Å². The summed E-state index contributed by atoms with van der Waals surface area (Å²) in [6, 6.07) is 4.88. The van der Waals surface area contributed by atoms with Crippen LogP contribution < -0.4 is 10.1 Å². The lowest BCUT2D eigenvalue weighted by molar-refractivity contribution is 0.386. The molecule has 0 aliphatic rings. The highest BCUT2D eigenvalue weighted by molar-refractivity contribution is 7.26. The molecule has 1 aromatic carbocycles. The minimum atomic E-state index is -0.386. The van der Waals surface area contributed by atoms with Crippen molar-refractivity contribution in [1.29, 1.82) is 0 Å². The van der Waals surface area contributed by atoms with Gasteiger partial charge < -0.3 is 10.1 Å². The molecule has 0 atom stereocenters. The first-order valence-electron chi connectivity index (χ1n) is 8.01. The number of benzene rings is 1. The molecular weight excluding hydrogens is 353 g/mol. The molecule has 1 N–H and O–H groups in total. The lowest BCUT2D eigenvalue weighted by Gasteiger charge is -2.08. The van der Waals surface area contributed by atoms with Crippen LogP contribution in [-0.4, -0.2) is 27.0 Å². The second kappa shape index (κ2) is 6.45. The average Bonchev–Trinajstić information content (AvgIpc) is 2.99. The van der Waals surface area contributed by atoms with E-state index in [0.717, 1.165) is 37.5 Å². The Morgan fingerprint density at radius 1 is 1.19 bits per heavy atom. The molecule has 0 radical (unpaired) electrons. The van der Waals surface area contributed by atoms with E-state index in [0.29, 0.717) is 12.4 Å². The summed E-state index contributed by atoms with van der Waals surface area (Å²) >= 11 is 1.53. The van der Waals surface area contributed by atoms with Crippen molar-refractivity contribution in [3.05, 3.63) is 47.4 Å². The lowest BCUT2D eigenvalue weighted by Crippen LogP contribution is -2.02. The zero-order valence-corrected chi connectivity index (χ0v) is 15.3. The van der Waals surface area contributed by atoms with Gasteiger partial charge in [-0.1, -0.05) is 6.07 Å². The highest BCUT2D eigenvalue weighted by Gasteiger charge is 2.15. The third-order valence-corrected chi connectivity index (χ3v) is 5.16. The van der Waals surface area contributed by atoms with Crippen LogP contribution in [0.2, 0.25) is 0 Å². The van der Waals surface area contributed by atoms with Gasteiger partial charge >= 0.3 is 0 Å². The third kappa shape index (κ3) is 2.82. The van der Waals surface area contributed by atoms with E-state index in [1.165, 1.54) is 30.8 Å². The Balaban J connectivity index is 1.71. The molecule has 0 amide bonds. The van der Waals surface area contributed by atoms with E-state index in [1.54, 1.807) is 6.07 Å². The highest BCUT2D eigenvalue weighted by Crippen LogP contribution is 2.36. The van der Waals surface area contributed by atoms with Crippen LogP contribution >= 0.6 is 11.3 Å². The smallest absolute Gasteiger partial charge is 0.165 e. The quantitative estimate of drug-likeness (QED) is 0.586. The summed E-state index contributed by atoms with van der Waals surface area (Å²) in [4.78, 5) is 18.6. The van der Waals surface area contributed by atoms with Gasteiger partial charge in [0.15, 0.2) is 11.6 Å². The number of methoxy groups -OCH3 is 1. The summed E-state index contributed by atoms with van der Waals surface area (Å²) in [5.74, 6) is 1.28. The largest absolute Gasteiger partial charge is 0.494 e. The molecule has 0 aliphatic heterocycles. The van der Waals surface area contributed by atoms with E-state index in [1.807, 2.05) is 19.9 Å². The Bertz CT molecular complexity index is 1130. The molecule has 132 valence electrons. The summed E-state index contributed by atoms with van der Waals surface area (Å²) < 4.78 is 19.7. The van der Waals surface area contributed by atoms with Gasteiger partial charge in [0.2, 0.25) is 0 Å². The molecule has 0 spiro atoms. The zero-order valence-electron chi connectivity index (χ0n) is 14.5. The minimum Gasteiger partial charge on any atom is -0.494 e. The van der Waals surface area contributed by atoms with Crippen molar-refractivity contribution < 1.29 is 9.13 Å². The number of halogens is 1. The first-order valence-corrected chi connectivity index (χ1v) is 8.83. The molecule has 8 heteroatoms. The number of rotatable bonds is 4. The molecular formula is C18H16FN5OS. The van der Waals surface area contributed by atoms with Crippen LogP contribution in [0.4, 0.5) is 10.2 Å². The fourth-order valence-corrected chi connectivity index (χ4v) is 4.09. The average molecular weight is 369 g/mol. The fraction of sp³-hybridized carbons (Fsp3) is 0.222. The summed E-state index contributed by atoms with van der Waals surface area (Å²) in [5.41, 5.74) is 2.53. The number of hydrogen-bond acceptors (Lipinski definition) is 7. The van der Waals surface area contributed by atoms with Gasteiger partial charge in [-0.3, -0.25) is 0 Å². The van der Waals surface area contributed by atoms with Crippen molar-refractivity contribution in [3.63, 3.8) is 0 Å². The molecule has 6 nitrogen and oxygen atoms in total. The minimum absolute atomic E-state index is 0.229. The second-order valence-electron chi connectivity index (χ2n) is 5.86. The second-order valence-corrected chi connectivity index (χ2v) is 6.86. The molecule has 0 aliphatic carbocycles. The number of aromatic nitrogens is 4. The molecule has 4 aromatic rings. The molecule has 4 rings (SSSR count). The van der Waals surface area contributed by atoms with E-state index in [-0.39, 0.29) is 11.6 Å². The summed E-state index contributed by atoms with van der Waals surface area (Å²) in [6.07, 6.45) is 1.52. The Labute approximate surface area is 153 Å². The fourth-order valence-electron chi connectivity index (χ4n) is 2.90. The molecule has 0 fully saturated rings. The van der Waals surface area contributed by atoms with Crippen molar-refractivity contribution in [2.75, 3.05) is 12.4 Å². The molecule has 0 unspecified atom stereocenters. The van der Waals surface area contributed by atoms with Crippen LogP contribution in [0, 0.1) is 19.7 Å². The Kier molecular flexibility index (Phi) is 4.12. The number of ether oxygens (including phenoxy) is 1. The van der Waals surface area contributed by atoms with Crippen molar-refractivity contribution >= 4 is 37.6 Å². The van der Waals surface area contributed by atoms with Gasteiger partial charge in [-0.15, -0.1) is 11.3 Å². The maximum atomic E-state index is 13.9. The number of aryl methyl sites for hydroxylation is 2. The molecule has 0 bridgehead atoms. The van der Waals surface area contributed by atoms with Crippen LogP contribution in [0.5, 0.6) is 5.75 Å². The summed E-state index contributed by atoms with van der Waals surface area (Å²) in [7, 11) is 1.45. The standard InChI is InChI=1S/C18H16FN5OS/c1-9-14-15-16(26-18(14)24-10(2)23-9)17(22-8-21-15)20-7-11-4-5-13(25-3)12(19)6-11/h4-6,8H,7H2,1-3H3,(H,20,21,22). The van der Waals surface area contributed by atoms with Gasteiger partial charge in [0.05, 0.1) is 28.4 Å². The first kappa shape index (κ1) is 16.6. The highest BCUT2D eigenvalue weighted by atomic mass is 32.1. The monoisotopic (exact) mass is 369 g/mol. The van der Waals surface area contributed by atoms with E-state index in [9.17, 15) is 4.39 Å². The van der Waals surface area contributed by atoms with Crippen LogP contribution in [0.3, 0.4) is 0 Å². The Hall–Kier alpha value is -2.87. The van der Waals surface area contributed by atoms with Gasteiger partial charge in [0.1, 0.15) is 22.8 Å². The van der Waals surface area contributed by atoms with Crippen LogP contribution in [0.1, 0.15) is 17.1 Å². The summed E-state index contributed by atoms with van der Waals surface area (Å²) in [5, 5.41) is 4.22. The Morgan fingerprint density at radius 3 is 2.81 bits per heavy atom. The molecule has 26 heavy (non-hydrogen) atoms. The van der Waals surface area contributed by atoms with E-state index < -0.39 is 0 Å². The van der Waals surface area contributed by atoms with Gasteiger partial charge in [-0.25, -0.2) is 24.3 Å². The normalized spacial score (nSPS) is 11.2. The number of nitrogens with zero attached hydrogens (tertiary/aromatic N) is 4. The Morgan fingerprint density at radius 2 is 2.04 bits per heavy atom. The predicted molar refractivity (Wildman–Crippen MR) is 100 cm³/mol. The first-order chi connectivity index (χ1) is 12.6. The number of anilines is 1. The van der Waals surface area contributed by atoms with Crippen LogP contribution in [0.15, 0.2) is 24.5 Å². The predicted octanol–water partition coefficient (Wildman–Crippen LogP) is 4.01. The maximum Gasteiger partial charge on any atom is 0.165 e. The van der Waals surface area contributed by atoms with Crippen molar-refractivity contribution in [1.82, 2.24) is 19.9 Å². The van der Waals surface area contributed by atoms with Crippen LogP contribution in [-0.2, 0) is 6.54 Å². The molecule has 0 saturated heterocycles. The third-order valence-electron chi connectivity index (χ3n) is 4.08. The van der Waals surface area contributed by atoms with Crippen molar-refractivity contribution in [3.8, 4) is 5.75 Å². The number of hydrogen-bond donors (Lipinski definition) is 1. The SMILES string of the molecule is COc1ccc(CNc2ncnc3c2sc2nc(C)nc(C)c23)cc1F. The zero-order chi connectivity index (χ0) is 18.3. The molecule has 3 aromatic heterocycles. The van der Waals surface area contributed by atoms with Gasteiger partial charge in [0, 0.05) is 6.54 Å². The number of fused-ring (bicyclic) bond motifs is 3. The van der Waals surface area contributed by atoms with Gasteiger partial charge in [-0.2, -0.15) is 0 Å². The molecule has 0 saturated carbocycles. The summed E-state index contributed by atoms with van der Waals surface area (Å²) in [6.45, 7) is 4.27. The number of thiophene rings is 1.